The van der Waals surface area contributed by atoms with Gasteiger partial charge in [-0.2, -0.15) is 0 Å². The average Bonchev–Trinajstić information content (AvgIpc) is 2.35. The molecule has 4 heteroatoms. The molecule has 0 fully saturated rings. The molecule has 1 atom stereocenters. The fourth-order valence-electron chi connectivity index (χ4n) is 2.16. The normalized spacial score (nSPS) is 12.3. The van der Waals surface area contributed by atoms with Crippen molar-refractivity contribution < 1.29 is 9.18 Å². The van der Waals surface area contributed by atoms with Gasteiger partial charge in [0.15, 0.2) is 0 Å². The summed E-state index contributed by atoms with van der Waals surface area (Å²) in [5.41, 5.74) is 1.10. The highest BCUT2D eigenvalue weighted by molar-refractivity contribution is 6.33. The number of amides is 1. The van der Waals surface area contributed by atoms with Crippen LogP contribution in [0.3, 0.4) is 0 Å². The molecule has 0 aliphatic carbocycles. The topological polar surface area (TPSA) is 20.3 Å². The highest BCUT2D eigenvalue weighted by Crippen LogP contribution is 2.31. The molecule has 0 N–H and O–H groups in total. The highest BCUT2D eigenvalue weighted by atomic mass is 35.5. The van der Waals surface area contributed by atoms with Crippen molar-refractivity contribution in [3.05, 3.63) is 28.5 Å². The van der Waals surface area contributed by atoms with E-state index in [0.717, 1.165) is 12.8 Å². The molecule has 0 bridgehead atoms. The molecule has 1 amide bonds. The number of halogens is 2. The molecule has 19 heavy (non-hydrogen) atoms. The molecule has 0 radical (unpaired) electrons. The predicted molar refractivity (Wildman–Crippen MR) is 78.3 cm³/mol. The zero-order valence-electron chi connectivity index (χ0n) is 12.0. The van der Waals surface area contributed by atoms with E-state index in [-0.39, 0.29) is 22.8 Å². The van der Waals surface area contributed by atoms with Crippen LogP contribution in [0.2, 0.25) is 5.02 Å². The number of carbonyl (C=O) groups excluding carboxylic acids is 1. The maximum atomic E-state index is 13.5. The van der Waals surface area contributed by atoms with E-state index in [9.17, 15) is 9.18 Å². The number of hydrogen-bond donors (Lipinski definition) is 0. The fraction of sp³-hybridized carbons (Fsp3) is 0.533. The van der Waals surface area contributed by atoms with Gasteiger partial charge in [-0.05, 0) is 38.0 Å². The number of hydrogen-bond acceptors (Lipinski definition) is 1. The van der Waals surface area contributed by atoms with Gasteiger partial charge in [0.2, 0.25) is 5.91 Å². The van der Waals surface area contributed by atoms with Crippen molar-refractivity contribution in [2.45, 2.75) is 53.0 Å². The lowest BCUT2D eigenvalue weighted by molar-refractivity contribution is -0.118. The third kappa shape index (κ3) is 3.69. The summed E-state index contributed by atoms with van der Waals surface area (Å²) in [5, 5.41) is 0.285. The van der Waals surface area contributed by atoms with E-state index in [1.54, 1.807) is 17.9 Å². The number of carbonyl (C=O) groups is 1. The summed E-state index contributed by atoms with van der Waals surface area (Å²) in [6, 6.07) is 2.98. The van der Waals surface area contributed by atoms with Crippen LogP contribution in [0.25, 0.3) is 0 Å². The lowest BCUT2D eigenvalue weighted by Gasteiger charge is -2.30. The number of benzene rings is 1. The van der Waals surface area contributed by atoms with Crippen molar-refractivity contribution in [2.24, 2.45) is 0 Å². The Morgan fingerprint density at radius 2 is 2.05 bits per heavy atom. The van der Waals surface area contributed by atoms with Gasteiger partial charge >= 0.3 is 0 Å². The number of rotatable bonds is 5. The molecule has 0 aliphatic rings. The van der Waals surface area contributed by atoms with E-state index in [1.165, 1.54) is 6.07 Å². The Morgan fingerprint density at radius 3 is 2.58 bits per heavy atom. The first-order valence-electron chi connectivity index (χ1n) is 6.70. The highest BCUT2D eigenvalue weighted by Gasteiger charge is 2.23. The Bertz CT molecular complexity index is 462. The summed E-state index contributed by atoms with van der Waals surface area (Å²) in [6.07, 6.45) is 2.27. The van der Waals surface area contributed by atoms with Gasteiger partial charge in [0.05, 0.1) is 10.7 Å². The molecule has 0 saturated heterocycles. The minimum atomic E-state index is -0.346. The SMILES string of the molecule is CCCC(C)N(C(=O)CC)c1cc(C)c(F)cc1Cl. The Balaban J connectivity index is 3.24. The molecule has 1 rings (SSSR count). The summed E-state index contributed by atoms with van der Waals surface area (Å²) in [4.78, 5) is 13.8. The van der Waals surface area contributed by atoms with E-state index in [2.05, 4.69) is 6.92 Å². The van der Waals surface area contributed by atoms with Gasteiger partial charge in [-0.3, -0.25) is 4.79 Å². The Morgan fingerprint density at radius 1 is 1.42 bits per heavy atom. The number of aryl methyl sites for hydroxylation is 1. The third-order valence-electron chi connectivity index (χ3n) is 3.21. The Labute approximate surface area is 119 Å². The quantitative estimate of drug-likeness (QED) is 0.766. The van der Waals surface area contributed by atoms with Gasteiger partial charge in [0.25, 0.3) is 0 Å². The van der Waals surface area contributed by atoms with Gasteiger partial charge in [0.1, 0.15) is 5.82 Å². The molecule has 0 saturated carbocycles. The second-order valence-electron chi connectivity index (χ2n) is 4.81. The van der Waals surface area contributed by atoms with E-state index in [0.29, 0.717) is 17.7 Å². The second-order valence-corrected chi connectivity index (χ2v) is 5.21. The summed E-state index contributed by atoms with van der Waals surface area (Å²) in [6.45, 7) is 7.56. The molecular weight excluding hydrogens is 265 g/mol. The van der Waals surface area contributed by atoms with Crippen LogP contribution in [-0.2, 0) is 4.79 Å². The van der Waals surface area contributed by atoms with Gasteiger partial charge in [-0.25, -0.2) is 4.39 Å². The standard InChI is InChI=1S/C15H21ClFNO/c1-5-7-11(4)18(15(19)6-2)14-8-10(3)13(17)9-12(14)16/h8-9,11H,5-7H2,1-4H3. The molecule has 0 aliphatic heterocycles. The first-order valence-corrected chi connectivity index (χ1v) is 7.07. The molecule has 0 heterocycles. The second kappa shape index (κ2) is 6.90. The Hall–Kier alpha value is -1.09. The van der Waals surface area contributed by atoms with Crippen molar-refractivity contribution in [3.8, 4) is 0 Å². The van der Waals surface area contributed by atoms with Gasteiger partial charge in [-0.15, -0.1) is 0 Å². The predicted octanol–water partition coefficient (Wildman–Crippen LogP) is 4.72. The molecule has 2 nitrogen and oxygen atoms in total. The maximum Gasteiger partial charge on any atom is 0.226 e. The first-order chi connectivity index (χ1) is 8.92. The van der Waals surface area contributed by atoms with Crippen molar-refractivity contribution in [3.63, 3.8) is 0 Å². The van der Waals surface area contributed by atoms with Crippen LogP contribution in [-0.4, -0.2) is 11.9 Å². The minimum Gasteiger partial charge on any atom is -0.308 e. The van der Waals surface area contributed by atoms with Crippen LogP contribution in [0.5, 0.6) is 0 Å². The van der Waals surface area contributed by atoms with Crippen LogP contribution in [0.1, 0.15) is 45.6 Å². The van der Waals surface area contributed by atoms with Crippen LogP contribution in [0, 0.1) is 12.7 Å². The molecule has 0 aromatic heterocycles. The van der Waals surface area contributed by atoms with Crippen molar-refractivity contribution in [2.75, 3.05) is 4.90 Å². The van der Waals surface area contributed by atoms with Gasteiger partial charge < -0.3 is 4.90 Å². The monoisotopic (exact) mass is 285 g/mol. The van der Waals surface area contributed by atoms with E-state index < -0.39 is 0 Å². The average molecular weight is 286 g/mol. The number of nitrogens with zero attached hydrogens (tertiary/aromatic N) is 1. The molecule has 1 aromatic rings. The first kappa shape index (κ1) is 16.0. The zero-order chi connectivity index (χ0) is 14.6. The molecule has 1 unspecified atom stereocenters. The fourth-order valence-corrected chi connectivity index (χ4v) is 2.40. The maximum absolute atomic E-state index is 13.5. The lowest BCUT2D eigenvalue weighted by atomic mass is 10.1. The Kier molecular flexibility index (Phi) is 5.80. The lowest BCUT2D eigenvalue weighted by Crippen LogP contribution is -2.38. The van der Waals surface area contributed by atoms with Crippen molar-refractivity contribution in [1.82, 2.24) is 0 Å². The van der Waals surface area contributed by atoms with Gasteiger partial charge in [-0.1, -0.05) is 31.9 Å². The van der Waals surface area contributed by atoms with Crippen LogP contribution in [0.15, 0.2) is 12.1 Å². The van der Waals surface area contributed by atoms with Crippen molar-refractivity contribution >= 4 is 23.2 Å². The zero-order valence-corrected chi connectivity index (χ0v) is 12.7. The van der Waals surface area contributed by atoms with Gasteiger partial charge in [0, 0.05) is 12.5 Å². The molecule has 106 valence electrons. The van der Waals surface area contributed by atoms with Crippen LogP contribution in [0.4, 0.5) is 10.1 Å². The third-order valence-corrected chi connectivity index (χ3v) is 3.51. The minimum absolute atomic E-state index is 0.00820. The summed E-state index contributed by atoms with van der Waals surface area (Å²) in [5.74, 6) is -0.338. The summed E-state index contributed by atoms with van der Waals surface area (Å²) < 4.78 is 13.5. The largest absolute Gasteiger partial charge is 0.308 e. The summed E-state index contributed by atoms with van der Waals surface area (Å²) in [7, 11) is 0. The smallest absolute Gasteiger partial charge is 0.226 e. The van der Waals surface area contributed by atoms with Crippen molar-refractivity contribution in [1.29, 1.82) is 0 Å². The van der Waals surface area contributed by atoms with E-state index >= 15 is 0 Å². The summed E-state index contributed by atoms with van der Waals surface area (Å²) >= 11 is 6.11. The molecule has 0 spiro atoms. The molecule has 1 aromatic carbocycles. The van der Waals surface area contributed by atoms with Crippen LogP contribution >= 0.6 is 11.6 Å². The van der Waals surface area contributed by atoms with E-state index in [1.807, 2.05) is 13.8 Å². The van der Waals surface area contributed by atoms with Crippen LogP contribution < -0.4 is 4.90 Å². The number of anilines is 1. The molecular formula is C15H21ClFNO. The van der Waals surface area contributed by atoms with E-state index in [4.69, 9.17) is 11.6 Å².